The highest BCUT2D eigenvalue weighted by Gasteiger charge is 2.45. The lowest BCUT2D eigenvalue weighted by atomic mass is 9.90. The second-order valence-corrected chi connectivity index (χ2v) is 7.70. The molecule has 3 rings (SSSR count). The van der Waals surface area contributed by atoms with E-state index in [1.165, 1.54) is 16.4 Å². The summed E-state index contributed by atoms with van der Waals surface area (Å²) >= 11 is 0. The largest absolute Gasteiger partial charge is 0.486 e. The van der Waals surface area contributed by atoms with Crippen LogP contribution in [0.3, 0.4) is 0 Å². The van der Waals surface area contributed by atoms with Crippen molar-refractivity contribution in [2.45, 2.75) is 18.2 Å². The van der Waals surface area contributed by atoms with Gasteiger partial charge in [-0.05, 0) is 25.5 Å². The summed E-state index contributed by atoms with van der Waals surface area (Å²) in [6, 6.07) is 4.45. The molecule has 0 amide bonds. The molecule has 7 nitrogen and oxygen atoms in total. The summed E-state index contributed by atoms with van der Waals surface area (Å²) in [4.78, 5) is 11.4. The smallest absolute Gasteiger partial charge is 0.310 e. The number of carboxylic acid groups (broad SMARTS) is 1. The van der Waals surface area contributed by atoms with Gasteiger partial charge in [-0.3, -0.25) is 4.79 Å². The van der Waals surface area contributed by atoms with Crippen molar-refractivity contribution in [2.75, 3.05) is 26.3 Å². The second-order valence-electron chi connectivity index (χ2n) is 5.76. The topological polar surface area (TPSA) is 93.1 Å². The van der Waals surface area contributed by atoms with Gasteiger partial charge in [-0.2, -0.15) is 4.31 Å². The number of carbonyl (C=O) groups is 1. The fourth-order valence-corrected chi connectivity index (χ4v) is 4.21. The maximum absolute atomic E-state index is 12.7. The molecule has 1 unspecified atom stereocenters. The molecule has 1 aromatic carbocycles. The minimum Gasteiger partial charge on any atom is -0.486 e. The van der Waals surface area contributed by atoms with Crippen LogP contribution < -0.4 is 9.47 Å². The van der Waals surface area contributed by atoms with Crippen molar-refractivity contribution >= 4 is 16.0 Å². The third-order valence-electron chi connectivity index (χ3n) is 4.11. The fraction of sp³-hybridized carbons (Fsp3) is 0.500. The number of fused-ring (bicyclic) bond motifs is 1. The van der Waals surface area contributed by atoms with Gasteiger partial charge in [0, 0.05) is 19.2 Å². The van der Waals surface area contributed by atoms with Gasteiger partial charge in [0.1, 0.15) is 13.2 Å². The Hall–Kier alpha value is -1.80. The van der Waals surface area contributed by atoms with E-state index >= 15 is 0 Å². The van der Waals surface area contributed by atoms with Gasteiger partial charge < -0.3 is 14.6 Å². The van der Waals surface area contributed by atoms with Crippen molar-refractivity contribution in [3.05, 3.63) is 18.2 Å². The molecule has 2 heterocycles. The van der Waals surface area contributed by atoms with E-state index in [4.69, 9.17) is 9.47 Å². The third-order valence-corrected chi connectivity index (χ3v) is 5.95. The fourth-order valence-electron chi connectivity index (χ4n) is 2.63. The first-order valence-corrected chi connectivity index (χ1v) is 8.40. The Kier molecular flexibility index (Phi) is 3.53. The number of nitrogens with zero attached hydrogens (tertiary/aromatic N) is 1. The van der Waals surface area contributed by atoms with Crippen LogP contribution in [0, 0.1) is 5.41 Å². The number of sulfonamides is 1. The molecule has 0 aliphatic carbocycles. The Labute approximate surface area is 128 Å². The maximum Gasteiger partial charge on any atom is 0.310 e. The van der Waals surface area contributed by atoms with Gasteiger partial charge in [-0.15, -0.1) is 0 Å². The molecule has 0 radical (unpaired) electrons. The zero-order valence-corrected chi connectivity index (χ0v) is 12.9. The van der Waals surface area contributed by atoms with Crippen molar-refractivity contribution in [3.8, 4) is 11.5 Å². The monoisotopic (exact) mass is 327 g/mol. The Morgan fingerprint density at radius 2 is 1.95 bits per heavy atom. The molecular formula is C14H17NO6S. The zero-order valence-electron chi connectivity index (χ0n) is 12.1. The van der Waals surface area contributed by atoms with E-state index in [0.717, 1.165) is 0 Å². The summed E-state index contributed by atoms with van der Waals surface area (Å²) in [5.74, 6) is -0.0677. The number of rotatable bonds is 3. The van der Waals surface area contributed by atoms with Crippen LogP contribution in [0.5, 0.6) is 11.5 Å². The van der Waals surface area contributed by atoms with E-state index < -0.39 is 21.4 Å². The van der Waals surface area contributed by atoms with E-state index in [1.807, 2.05) is 0 Å². The maximum atomic E-state index is 12.7. The molecule has 0 saturated carbocycles. The van der Waals surface area contributed by atoms with Crippen molar-refractivity contribution in [1.29, 1.82) is 0 Å². The molecule has 120 valence electrons. The van der Waals surface area contributed by atoms with Crippen molar-refractivity contribution < 1.29 is 27.8 Å². The lowest BCUT2D eigenvalue weighted by Crippen LogP contribution is -2.34. The van der Waals surface area contributed by atoms with Gasteiger partial charge in [0.15, 0.2) is 11.5 Å². The van der Waals surface area contributed by atoms with E-state index in [2.05, 4.69) is 0 Å². The first-order valence-electron chi connectivity index (χ1n) is 6.96. The summed E-state index contributed by atoms with van der Waals surface area (Å²) in [5.41, 5.74) is -1.04. The van der Waals surface area contributed by atoms with Gasteiger partial charge in [0.05, 0.1) is 10.3 Å². The molecule has 8 heteroatoms. The second kappa shape index (κ2) is 5.13. The number of ether oxygens (including phenoxy) is 2. The first kappa shape index (κ1) is 15.1. The third kappa shape index (κ3) is 2.42. The van der Waals surface area contributed by atoms with Crippen LogP contribution in [-0.2, 0) is 14.8 Å². The Balaban J connectivity index is 1.89. The Bertz CT molecular complexity index is 716. The molecule has 1 atom stereocenters. The summed E-state index contributed by atoms with van der Waals surface area (Å²) in [7, 11) is -3.74. The van der Waals surface area contributed by atoms with Gasteiger partial charge in [0.2, 0.25) is 10.0 Å². The predicted octanol–water partition coefficient (Wildman–Crippen LogP) is 0.943. The molecule has 0 spiro atoms. The molecule has 1 fully saturated rings. The Morgan fingerprint density at radius 3 is 2.59 bits per heavy atom. The van der Waals surface area contributed by atoms with E-state index in [0.29, 0.717) is 31.1 Å². The summed E-state index contributed by atoms with van der Waals surface area (Å²) in [6.45, 7) is 2.53. The van der Waals surface area contributed by atoms with Gasteiger partial charge in [-0.25, -0.2) is 8.42 Å². The van der Waals surface area contributed by atoms with E-state index in [9.17, 15) is 18.3 Å². The van der Waals surface area contributed by atoms with Crippen molar-refractivity contribution in [2.24, 2.45) is 5.41 Å². The molecule has 0 aromatic heterocycles. The lowest BCUT2D eigenvalue weighted by Gasteiger charge is -2.22. The SMILES string of the molecule is CC1(C(=O)O)CCN(S(=O)(=O)c2ccc3c(c2)OCCO3)C1. The summed E-state index contributed by atoms with van der Waals surface area (Å²) in [5, 5.41) is 9.23. The first-order chi connectivity index (χ1) is 10.3. The number of carboxylic acids is 1. The van der Waals surface area contributed by atoms with Crippen LogP contribution in [0.1, 0.15) is 13.3 Å². The molecule has 1 N–H and O–H groups in total. The number of aliphatic carboxylic acids is 1. The molecule has 1 saturated heterocycles. The molecule has 22 heavy (non-hydrogen) atoms. The quantitative estimate of drug-likeness (QED) is 0.888. The summed E-state index contributed by atoms with van der Waals surface area (Å²) in [6.07, 6.45) is 0.298. The molecule has 2 aliphatic rings. The van der Waals surface area contributed by atoms with Crippen LogP contribution in [0.15, 0.2) is 23.1 Å². The number of hydrogen-bond acceptors (Lipinski definition) is 5. The lowest BCUT2D eigenvalue weighted by molar-refractivity contribution is -0.146. The van der Waals surface area contributed by atoms with Gasteiger partial charge in [-0.1, -0.05) is 0 Å². The van der Waals surface area contributed by atoms with Crippen LogP contribution in [-0.4, -0.2) is 50.1 Å². The average molecular weight is 327 g/mol. The van der Waals surface area contributed by atoms with Crippen molar-refractivity contribution in [1.82, 2.24) is 4.31 Å². The Morgan fingerprint density at radius 1 is 1.27 bits per heavy atom. The van der Waals surface area contributed by atoms with E-state index in [-0.39, 0.29) is 18.0 Å². The highest BCUT2D eigenvalue weighted by Crippen LogP contribution is 2.37. The molecule has 2 aliphatic heterocycles. The molecular weight excluding hydrogens is 310 g/mol. The van der Waals surface area contributed by atoms with Crippen LogP contribution >= 0.6 is 0 Å². The predicted molar refractivity (Wildman–Crippen MR) is 76.6 cm³/mol. The summed E-state index contributed by atoms with van der Waals surface area (Å²) < 4.78 is 37.3. The highest BCUT2D eigenvalue weighted by molar-refractivity contribution is 7.89. The minimum absolute atomic E-state index is 0.0287. The van der Waals surface area contributed by atoms with Crippen molar-refractivity contribution in [3.63, 3.8) is 0 Å². The normalized spacial score (nSPS) is 25.1. The van der Waals surface area contributed by atoms with Gasteiger partial charge >= 0.3 is 5.97 Å². The average Bonchev–Trinajstić information content (AvgIpc) is 2.91. The minimum atomic E-state index is -3.74. The van der Waals surface area contributed by atoms with Crippen LogP contribution in [0.2, 0.25) is 0 Å². The number of benzene rings is 1. The standard InChI is InChI=1S/C14H17NO6S/c1-14(13(16)17)4-5-15(9-14)22(18,19)10-2-3-11-12(8-10)21-7-6-20-11/h2-3,8H,4-7,9H2,1H3,(H,16,17). The van der Waals surface area contributed by atoms with Crippen LogP contribution in [0.4, 0.5) is 0 Å². The molecule has 1 aromatic rings. The molecule has 0 bridgehead atoms. The highest BCUT2D eigenvalue weighted by atomic mass is 32.2. The van der Waals surface area contributed by atoms with E-state index in [1.54, 1.807) is 13.0 Å². The number of hydrogen-bond donors (Lipinski definition) is 1. The van der Waals surface area contributed by atoms with Crippen LogP contribution in [0.25, 0.3) is 0 Å². The zero-order chi connectivity index (χ0) is 16.0. The van der Waals surface area contributed by atoms with Gasteiger partial charge in [0.25, 0.3) is 0 Å².